The Hall–Kier alpha value is -2.17. The van der Waals surface area contributed by atoms with Crippen molar-refractivity contribution in [2.45, 2.75) is 19.8 Å². The Bertz CT molecular complexity index is 625. The fraction of sp³-hybridized carbons (Fsp3) is 0.278. The zero-order valence-corrected chi connectivity index (χ0v) is 13.0. The summed E-state index contributed by atoms with van der Waals surface area (Å²) in [5.41, 5.74) is 3.77. The molecule has 4 nitrogen and oxygen atoms in total. The standard InChI is InChI=1S/C18H21NO3/c1-21-12-15-6-3-5-14(9-15)11-19-18(20)17-8-4-7-16(10-17)13-22-2/h3-10H,11-13H2,1-2H3,(H,19,20). The van der Waals surface area contributed by atoms with E-state index in [0.29, 0.717) is 25.3 Å². The van der Waals surface area contributed by atoms with Gasteiger partial charge in [-0.2, -0.15) is 0 Å². The van der Waals surface area contributed by atoms with Crippen LogP contribution >= 0.6 is 0 Å². The molecule has 0 aliphatic rings. The van der Waals surface area contributed by atoms with Crippen LogP contribution in [-0.2, 0) is 29.2 Å². The number of carbonyl (C=O) groups excluding carboxylic acids is 1. The maximum Gasteiger partial charge on any atom is 0.251 e. The van der Waals surface area contributed by atoms with Crippen LogP contribution in [0.25, 0.3) is 0 Å². The van der Waals surface area contributed by atoms with Gasteiger partial charge in [0.1, 0.15) is 0 Å². The SMILES string of the molecule is COCc1cccc(CNC(=O)c2cccc(COC)c2)c1. The molecule has 116 valence electrons. The number of rotatable bonds is 7. The predicted molar refractivity (Wildman–Crippen MR) is 85.5 cm³/mol. The monoisotopic (exact) mass is 299 g/mol. The average Bonchev–Trinajstić information content (AvgIpc) is 2.54. The van der Waals surface area contributed by atoms with Crippen LogP contribution in [0.2, 0.25) is 0 Å². The van der Waals surface area contributed by atoms with Crippen molar-refractivity contribution in [1.82, 2.24) is 5.32 Å². The van der Waals surface area contributed by atoms with E-state index in [0.717, 1.165) is 16.7 Å². The van der Waals surface area contributed by atoms with E-state index in [9.17, 15) is 4.79 Å². The molecular weight excluding hydrogens is 278 g/mol. The molecular formula is C18H21NO3. The summed E-state index contributed by atoms with van der Waals surface area (Å²) in [6, 6.07) is 15.4. The van der Waals surface area contributed by atoms with Crippen LogP contribution in [0.5, 0.6) is 0 Å². The smallest absolute Gasteiger partial charge is 0.251 e. The molecule has 0 fully saturated rings. The van der Waals surface area contributed by atoms with E-state index in [1.165, 1.54) is 0 Å². The van der Waals surface area contributed by atoms with Gasteiger partial charge in [0.25, 0.3) is 5.91 Å². The molecule has 2 aromatic rings. The van der Waals surface area contributed by atoms with E-state index in [2.05, 4.69) is 5.32 Å². The molecule has 0 saturated carbocycles. The molecule has 0 aliphatic heterocycles. The van der Waals surface area contributed by atoms with Gasteiger partial charge < -0.3 is 14.8 Å². The highest BCUT2D eigenvalue weighted by Gasteiger charge is 2.06. The fourth-order valence-corrected chi connectivity index (χ4v) is 2.25. The van der Waals surface area contributed by atoms with Crippen LogP contribution in [0, 0.1) is 0 Å². The van der Waals surface area contributed by atoms with Crippen LogP contribution in [0.1, 0.15) is 27.0 Å². The molecule has 0 unspecified atom stereocenters. The summed E-state index contributed by atoms with van der Waals surface area (Å²) in [5, 5.41) is 2.93. The van der Waals surface area contributed by atoms with Crippen molar-refractivity contribution in [3.63, 3.8) is 0 Å². The van der Waals surface area contributed by atoms with Crippen LogP contribution in [0.4, 0.5) is 0 Å². The lowest BCUT2D eigenvalue weighted by Crippen LogP contribution is -2.23. The normalized spacial score (nSPS) is 10.5. The zero-order valence-electron chi connectivity index (χ0n) is 13.0. The van der Waals surface area contributed by atoms with Gasteiger partial charge in [-0.15, -0.1) is 0 Å². The summed E-state index contributed by atoms with van der Waals surface area (Å²) in [6.45, 7) is 1.56. The van der Waals surface area contributed by atoms with Gasteiger partial charge in [-0.3, -0.25) is 4.79 Å². The Balaban J connectivity index is 1.97. The van der Waals surface area contributed by atoms with E-state index in [-0.39, 0.29) is 5.91 Å². The largest absolute Gasteiger partial charge is 0.380 e. The lowest BCUT2D eigenvalue weighted by Gasteiger charge is -2.08. The second-order valence-electron chi connectivity index (χ2n) is 5.07. The third-order valence-corrected chi connectivity index (χ3v) is 3.26. The molecule has 0 saturated heterocycles. The Morgan fingerprint density at radius 1 is 0.909 bits per heavy atom. The van der Waals surface area contributed by atoms with Crippen molar-refractivity contribution in [2.75, 3.05) is 14.2 Å². The average molecular weight is 299 g/mol. The van der Waals surface area contributed by atoms with Crippen LogP contribution in [-0.4, -0.2) is 20.1 Å². The first kappa shape index (κ1) is 16.2. The maximum atomic E-state index is 12.2. The van der Waals surface area contributed by atoms with Crippen LogP contribution < -0.4 is 5.32 Å². The summed E-state index contributed by atoms with van der Waals surface area (Å²) < 4.78 is 10.2. The summed E-state index contributed by atoms with van der Waals surface area (Å²) in [5.74, 6) is -0.0879. The topological polar surface area (TPSA) is 47.6 Å². The highest BCUT2D eigenvalue weighted by Crippen LogP contribution is 2.09. The number of nitrogens with one attached hydrogen (secondary N) is 1. The third kappa shape index (κ3) is 4.69. The van der Waals surface area contributed by atoms with E-state index >= 15 is 0 Å². The van der Waals surface area contributed by atoms with Crippen LogP contribution in [0.3, 0.4) is 0 Å². The van der Waals surface area contributed by atoms with Gasteiger partial charge in [0.2, 0.25) is 0 Å². The molecule has 4 heteroatoms. The van der Waals surface area contributed by atoms with Gasteiger partial charge >= 0.3 is 0 Å². The van der Waals surface area contributed by atoms with Crippen molar-refractivity contribution in [2.24, 2.45) is 0 Å². The maximum absolute atomic E-state index is 12.2. The minimum atomic E-state index is -0.0879. The molecule has 2 aromatic carbocycles. The molecule has 2 rings (SSSR count). The van der Waals surface area contributed by atoms with Gasteiger partial charge in [0, 0.05) is 26.3 Å². The number of benzene rings is 2. The molecule has 0 spiro atoms. The summed E-state index contributed by atoms with van der Waals surface area (Å²) in [6.07, 6.45) is 0. The van der Waals surface area contributed by atoms with E-state index in [1.54, 1.807) is 20.3 Å². The number of hydrogen-bond donors (Lipinski definition) is 1. The van der Waals surface area contributed by atoms with Crippen molar-refractivity contribution < 1.29 is 14.3 Å². The molecule has 0 heterocycles. The second kappa shape index (κ2) is 8.32. The van der Waals surface area contributed by atoms with E-state index in [1.807, 2.05) is 42.5 Å². The number of methoxy groups -OCH3 is 2. The lowest BCUT2D eigenvalue weighted by molar-refractivity contribution is 0.0950. The molecule has 1 amide bonds. The van der Waals surface area contributed by atoms with Crippen molar-refractivity contribution in [1.29, 1.82) is 0 Å². The van der Waals surface area contributed by atoms with E-state index < -0.39 is 0 Å². The highest BCUT2D eigenvalue weighted by molar-refractivity contribution is 5.94. The number of carbonyl (C=O) groups is 1. The molecule has 1 N–H and O–H groups in total. The highest BCUT2D eigenvalue weighted by atomic mass is 16.5. The van der Waals surface area contributed by atoms with Crippen molar-refractivity contribution >= 4 is 5.91 Å². The molecule has 0 aliphatic carbocycles. The van der Waals surface area contributed by atoms with E-state index in [4.69, 9.17) is 9.47 Å². The molecule has 0 bridgehead atoms. The van der Waals surface area contributed by atoms with Crippen molar-refractivity contribution in [3.8, 4) is 0 Å². The lowest BCUT2D eigenvalue weighted by atomic mass is 10.1. The zero-order chi connectivity index (χ0) is 15.8. The Morgan fingerprint density at radius 3 is 2.18 bits per heavy atom. The first-order valence-electron chi connectivity index (χ1n) is 7.15. The van der Waals surface area contributed by atoms with Crippen molar-refractivity contribution in [3.05, 3.63) is 70.8 Å². The summed E-state index contributed by atoms with van der Waals surface area (Å²) in [7, 11) is 3.31. The minimum absolute atomic E-state index is 0.0879. The minimum Gasteiger partial charge on any atom is -0.380 e. The van der Waals surface area contributed by atoms with Gasteiger partial charge in [0.15, 0.2) is 0 Å². The quantitative estimate of drug-likeness (QED) is 0.855. The Labute approximate surface area is 131 Å². The summed E-state index contributed by atoms with van der Waals surface area (Å²) in [4.78, 5) is 12.2. The number of hydrogen-bond acceptors (Lipinski definition) is 3. The third-order valence-electron chi connectivity index (χ3n) is 3.26. The molecule has 22 heavy (non-hydrogen) atoms. The molecule has 0 radical (unpaired) electrons. The van der Waals surface area contributed by atoms with Gasteiger partial charge in [-0.25, -0.2) is 0 Å². The molecule has 0 atom stereocenters. The van der Waals surface area contributed by atoms with Gasteiger partial charge in [-0.1, -0.05) is 36.4 Å². The second-order valence-corrected chi connectivity index (χ2v) is 5.07. The van der Waals surface area contributed by atoms with Crippen LogP contribution in [0.15, 0.2) is 48.5 Å². The first-order chi connectivity index (χ1) is 10.7. The molecule has 0 aromatic heterocycles. The van der Waals surface area contributed by atoms with Gasteiger partial charge in [0.05, 0.1) is 13.2 Å². The Morgan fingerprint density at radius 2 is 1.50 bits per heavy atom. The Kier molecular flexibility index (Phi) is 6.13. The number of amides is 1. The predicted octanol–water partition coefficient (Wildman–Crippen LogP) is 2.91. The fourth-order valence-electron chi connectivity index (χ4n) is 2.25. The number of ether oxygens (including phenoxy) is 2. The first-order valence-corrected chi connectivity index (χ1v) is 7.15. The summed E-state index contributed by atoms with van der Waals surface area (Å²) >= 11 is 0. The van der Waals surface area contributed by atoms with Gasteiger partial charge in [-0.05, 0) is 28.8 Å².